The normalized spacial score (nSPS) is 20.2. The van der Waals surface area contributed by atoms with Gasteiger partial charge in [-0.2, -0.15) is 0 Å². The lowest BCUT2D eigenvalue weighted by Crippen LogP contribution is -2.39. The van der Waals surface area contributed by atoms with Crippen molar-refractivity contribution in [3.05, 3.63) is 41.3 Å². The number of hydrogen-bond donors (Lipinski definition) is 1. The van der Waals surface area contributed by atoms with E-state index in [2.05, 4.69) is 38.7 Å². The molecular formula is C18H20N6O. The fourth-order valence-electron chi connectivity index (χ4n) is 4.19. The summed E-state index contributed by atoms with van der Waals surface area (Å²) in [7, 11) is 0. The molecule has 1 atom stereocenters. The number of amides is 1. The number of fused-ring (bicyclic) bond motifs is 4. The van der Waals surface area contributed by atoms with Gasteiger partial charge in [-0.1, -0.05) is 24.6 Å². The minimum atomic E-state index is -0.219. The monoisotopic (exact) mass is 336 g/mol. The third-order valence-corrected chi connectivity index (χ3v) is 5.48. The average Bonchev–Trinajstić information content (AvgIpc) is 3.20. The van der Waals surface area contributed by atoms with Crippen LogP contribution in [0.2, 0.25) is 0 Å². The summed E-state index contributed by atoms with van der Waals surface area (Å²) in [5.41, 5.74) is 3.67. The zero-order chi connectivity index (χ0) is 16.8. The minimum absolute atomic E-state index is 0.155. The first-order chi connectivity index (χ1) is 12.3. The summed E-state index contributed by atoms with van der Waals surface area (Å²) in [6.45, 7) is 2.20. The predicted octanol–water partition coefficient (Wildman–Crippen LogP) is 2.01. The Morgan fingerprint density at radius 1 is 1.20 bits per heavy atom. The van der Waals surface area contributed by atoms with Crippen LogP contribution < -0.4 is 0 Å². The third-order valence-electron chi connectivity index (χ3n) is 5.48. The smallest absolute Gasteiger partial charge is 0.233 e. The topological polar surface area (TPSA) is 79.7 Å². The van der Waals surface area contributed by atoms with Crippen molar-refractivity contribution in [2.75, 3.05) is 6.54 Å². The van der Waals surface area contributed by atoms with E-state index in [9.17, 15) is 4.79 Å². The molecule has 25 heavy (non-hydrogen) atoms. The van der Waals surface area contributed by atoms with Gasteiger partial charge in [0.15, 0.2) is 5.82 Å². The first-order valence-corrected chi connectivity index (χ1v) is 8.94. The lowest BCUT2D eigenvalue weighted by atomic mass is 9.98. The Balaban J connectivity index is 1.44. The number of aromatic amines is 1. The van der Waals surface area contributed by atoms with Crippen LogP contribution in [0.1, 0.15) is 42.3 Å². The molecule has 1 N–H and O–H groups in total. The number of H-pyrrole nitrogens is 1. The van der Waals surface area contributed by atoms with Crippen molar-refractivity contribution in [2.24, 2.45) is 0 Å². The summed E-state index contributed by atoms with van der Waals surface area (Å²) in [6.07, 6.45) is 3.76. The summed E-state index contributed by atoms with van der Waals surface area (Å²) in [4.78, 5) is 18.7. The molecule has 0 spiro atoms. The highest BCUT2D eigenvalue weighted by atomic mass is 16.2. The van der Waals surface area contributed by atoms with Gasteiger partial charge < -0.3 is 9.88 Å². The lowest BCUT2D eigenvalue weighted by molar-refractivity contribution is -0.134. The highest BCUT2D eigenvalue weighted by Gasteiger charge is 2.33. The summed E-state index contributed by atoms with van der Waals surface area (Å²) in [6, 6.07) is 8.36. The van der Waals surface area contributed by atoms with Gasteiger partial charge in [-0.25, -0.2) is 4.68 Å². The zero-order valence-electron chi connectivity index (χ0n) is 14.0. The van der Waals surface area contributed by atoms with E-state index in [-0.39, 0.29) is 11.8 Å². The van der Waals surface area contributed by atoms with Crippen molar-refractivity contribution in [2.45, 2.75) is 44.7 Å². The summed E-state index contributed by atoms with van der Waals surface area (Å²) >= 11 is 0. The Bertz CT molecular complexity index is 942. The molecule has 1 aromatic carbocycles. The number of rotatable bonds is 1. The number of nitrogens with one attached hydrogen (secondary N) is 1. The van der Waals surface area contributed by atoms with E-state index in [1.54, 1.807) is 4.68 Å². The number of tetrazole rings is 1. The quantitative estimate of drug-likeness (QED) is 0.737. The highest BCUT2D eigenvalue weighted by Crippen LogP contribution is 2.31. The molecule has 4 heterocycles. The molecular weight excluding hydrogens is 316 g/mol. The molecule has 5 rings (SSSR count). The van der Waals surface area contributed by atoms with Crippen LogP contribution in [-0.2, 0) is 24.3 Å². The molecule has 0 unspecified atom stereocenters. The number of carbonyl (C=O) groups is 1. The standard InChI is InChI=1S/C18H20N6O/c25-18(14-6-3-4-9-24-17(14)20-21-22-24)23-10-8-13-12-5-1-2-7-15(12)19-16(13)11-23/h1-2,5,7,14,19H,3-4,6,8-11H2/t14-/m0/s1. The SMILES string of the molecule is O=C([C@H]1CCCCn2nnnc21)N1CCc2c([nH]c3ccccc23)C1. The molecule has 0 bridgehead atoms. The maximum Gasteiger partial charge on any atom is 0.233 e. The molecule has 2 aliphatic rings. The van der Waals surface area contributed by atoms with Crippen molar-refractivity contribution in [1.82, 2.24) is 30.1 Å². The number of aryl methyl sites for hydroxylation is 1. The van der Waals surface area contributed by atoms with Gasteiger partial charge in [0.2, 0.25) is 5.91 Å². The van der Waals surface area contributed by atoms with Crippen LogP contribution in [0, 0.1) is 0 Å². The maximum absolute atomic E-state index is 13.2. The van der Waals surface area contributed by atoms with Crippen molar-refractivity contribution < 1.29 is 4.79 Å². The molecule has 0 saturated heterocycles. The Hall–Kier alpha value is -2.70. The number of aromatic nitrogens is 5. The lowest BCUT2D eigenvalue weighted by Gasteiger charge is -2.29. The van der Waals surface area contributed by atoms with E-state index in [0.29, 0.717) is 6.54 Å². The van der Waals surface area contributed by atoms with Gasteiger partial charge in [0.1, 0.15) is 0 Å². The van der Waals surface area contributed by atoms with Crippen LogP contribution in [0.4, 0.5) is 0 Å². The van der Waals surface area contributed by atoms with E-state index in [1.807, 2.05) is 11.0 Å². The van der Waals surface area contributed by atoms with Crippen LogP contribution in [0.5, 0.6) is 0 Å². The van der Waals surface area contributed by atoms with E-state index in [0.717, 1.165) is 55.8 Å². The van der Waals surface area contributed by atoms with Crippen LogP contribution in [0.15, 0.2) is 24.3 Å². The molecule has 0 aliphatic carbocycles. The molecule has 1 amide bonds. The Labute approximate surface area is 145 Å². The number of benzene rings is 1. The van der Waals surface area contributed by atoms with Crippen molar-refractivity contribution in [1.29, 1.82) is 0 Å². The van der Waals surface area contributed by atoms with Gasteiger partial charge in [0.25, 0.3) is 0 Å². The fraction of sp³-hybridized carbons (Fsp3) is 0.444. The number of hydrogen-bond acceptors (Lipinski definition) is 4. The van der Waals surface area contributed by atoms with Crippen molar-refractivity contribution >= 4 is 16.8 Å². The maximum atomic E-state index is 13.2. The predicted molar refractivity (Wildman–Crippen MR) is 91.8 cm³/mol. The number of carbonyl (C=O) groups excluding carboxylic acids is 1. The van der Waals surface area contributed by atoms with Gasteiger partial charge in [0, 0.05) is 29.7 Å². The Kier molecular flexibility index (Phi) is 3.33. The Morgan fingerprint density at radius 2 is 2.12 bits per heavy atom. The number of para-hydroxylation sites is 1. The summed E-state index contributed by atoms with van der Waals surface area (Å²) < 4.78 is 1.80. The van der Waals surface area contributed by atoms with Gasteiger partial charge in [-0.3, -0.25) is 4.79 Å². The molecule has 128 valence electrons. The largest absolute Gasteiger partial charge is 0.357 e. The molecule has 0 radical (unpaired) electrons. The Morgan fingerprint density at radius 3 is 3.08 bits per heavy atom. The zero-order valence-corrected chi connectivity index (χ0v) is 14.0. The van der Waals surface area contributed by atoms with Crippen LogP contribution in [0.25, 0.3) is 10.9 Å². The molecule has 0 fully saturated rings. The summed E-state index contributed by atoms with van der Waals surface area (Å²) in [5, 5.41) is 13.2. The third kappa shape index (κ3) is 2.33. The van der Waals surface area contributed by atoms with Gasteiger partial charge >= 0.3 is 0 Å². The van der Waals surface area contributed by atoms with Crippen LogP contribution in [0.3, 0.4) is 0 Å². The molecule has 7 heteroatoms. The van der Waals surface area contributed by atoms with Gasteiger partial charge in [-0.15, -0.1) is 5.10 Å². The van der Waals surface area contributed by atoms with Crippen LogP contribution >= 0.6 is 0 Å². The van der Waals surface area contributed by atoms with E-state index < -0.39 is 0 Å². The summed E-state index contributed by atoms with van der Waals surface area (Å²) in [5.74, 6) is 0.663. The average molecular weight is 336 g/mol. The molecule has 0 saturated carbocycles. The molecule has 3 aromatic rings. The van der Waals surface area contributed by atoms with Gasteiger partial charge in [-0.05, 0) is 41.3 Å². The second-order valence-electron chi connectivity index (χ2n) is 6.95. The van der Waals surface area contributed by atoms with Crippen molar-refractivity contribution in [3.63, 3.8) is 0 Å². The van der Waals surface area contributed by atoms with E-state index >= 15 is 0 Å². The van der Waals surface area contributed by atoms with Crippen LogP contribution in [-0.4, -0.2) is 42.5 Å². The van der Waals surface area contributed by atoms with Crippen molar-refractivity contribution in [3.8, 4) is 0 Å². The molecule has 2 aliphatic heterocycles. The second-order valence-corrected chi connectivity index (χ2v) is 6.95. The van der Waals surface area contributed by atoms with E-state index in [1.165, 1.54) is 10.9 Å². The second kappa shape index (κ2) is 5.68. The minimum Gasteiger partial charge on any atom is -0.357 e. The van der Waals surface area contributed by atoms with Gasteiger partial charge in [0.05, 0.1) is 12.5 Å². The van der Waals surface area contributed by atoms with E-state index in [4.69, 9.17) is 0 Å². The highest BCUT2D eigenvalue weighted by molar-refractivity contribution is 5.87. The fourth-order valence-corrected chi connectivity index (χ4v) is 4.19. The first kappa shape index (κ1) is 14.6. The first-order valence-electron chi connectivity index (χ1n) is 8.94. The number of nitrogens with zero attached hydrogens (tertiary/aromatic N) is 5. The molecule has 2 aromatic heterocycles. The molecule has 7 nitrogen and oxygen atoms in total.